The van der Waals surface area contributed by atoms with Crippen molar-refractivity contribution < 1.29 is 4.74 Å². The van der Waals surface area contributed by atoms with Crippen LogP contribution in [-0.4, -0.2) is 37.2 Å². The van der Waals surface area contributed by atoms with Crippen molar-refractivity contribution in [2.45, 2.75) is 19.1 Å². The lowest BCUT2D eigenvalue weighted by molar-refractivity contribution is -0.000284. The van der Waals surface area contributed by atoms with Crippen LogP contribution in [0.5, 0.6) is 0 Å². The van der Waals surface area contributed by atoms with Gasteiger partial charge in [-0.2, -0.15) is 0 Å². The smallest absolute Gasteiger partial charge is 0.110 e. The molecule has 0 saturated carbocycles. The summed E-state index contributed by atoms with van der Waals surface area (Å²) in [7, 11) is 1.76. The Balaban J connectivity index is 2.27. The minimum atomic E-state index is 0.332. The summed E-state index contributed by atoms with van der Waals surface area (Å²) in [6.45, 7) is 2.10. The van der Waals surface area contributed by atoms with Gasteiger partial charge in [0.15, 0.2) is 0 Å². The van der Waals surface area contributed by atoms with Crippen molar-refractivity contribution in [2.24, 2.45) is 0 Å². The molecule has 1 heterocycles. The molecule has 0 amide bonds. The second-order valence-corrected chi connectivity index (χ2v) is 2.94. The van der Waals surface area contributed by atoms with Crippen molar-refractivity contribution in [3.63, 3.8) is 0 Å². The first-order valence-electron chi connectivity index (χ1n) is 3.71. The molecule has 1 aliphatic rings. The molecule has 0 aromatic carbocycles. The molecule has 0 aromatic heterocycles. The van der Waals surface area contributed by atoms with E-state index in [1.165, 1.54) is 6.42 Å². The van der Waals surface area contributed by atoms with E-state index in [0.29, 0.717) is 12.1 Å². The molecule has 0 spiro atoms. The van der Waals surface area contributed by atoms with Gasteiger partial charge in [0.25, 0.3) is 0 Å². The highest BCUT2D eigenvalue weighted by atomic mass is 35.5. The zero-order valence-corrected chi connectivity index (χ0v) is 7.10. The summed E-state index contributed by atoms with van der Waals surface area (Å²) in [6, 6.07) is 0. The van der Waals surface area contributed by atoms with Gasteiger partial charge in [0.1, 0.15) is 6.23 Å². The first kappa shape index (κ1) is 8.31. The number of methoxy groups -OCH3 is 1. The molecule has 0 N–H and O–H groups in total. The topological polar surface area (TPSA) is 12.5 Å². The molecule has 0 radical (unpaired) electrons. The Morgan fingerprint density at radius 1 is 1.70 bits per heavy atom. The molecule has 2 nitrogen and oxygen atoms in total. The lowest BCUT2D eigenvalue weighted by Gasteiger charge is -2.21. The van der Waals surface area contributed by atoms with Crippen LogP contribution in [0.1, 0.15) is 12.8 Å². The molecule has 0 aliphatic carbocycles. The largest absolute Gasteiger partial charge is 0.366 e. The summed E-state index contributed by atoms with van der Waals surface area (Å²) >= 11 is 5.61. The molecule has 1 atom stereocenters. The predicted octanol–water partition coefficient (Wildman–Crippen LogP) is 1.29. The Hall–Kier alpha value is 0.210. The van der Waals surface area contributed by atoms with Crippen molar-refractivity contribution >= 4 is 11.6 Å². The van der Waals surface area contributed by atoms with E-state index in [0.717, 1.165) is 19.5 Å². The number of halogens is 1. The van der Waals surface area contributed by atoms with E-state index in [4.69, 9.17) is 16.3 Å². The molecule has 0 unspecified atom stereocenters. The zero-order valence-electron chi connectivity index (χ0n) is 6.35. The standard InChI is InChI=1S/C7H14ClNO/c1-10-7-3-2-5-9(7)6-4-8/h7H,2-6H2,1H3/t7-/m1/s1. The summed E-state index contributed by atoms with van der Waals surface area (Å²) in [5, 5.41) is 0. The van der Waals surface area contributed by atoms with E-state index < -0.39 is 0 Å². The third-order valence-corrected chi connectivity index (χ3v) is 2.12. The van der Waals surface area contributed by atoms with E-state index in [1.54, 1.807) is 7.11 Å². The summed E-state index contributed by atoms with van der Waals surface area (Å²) < 4.78 is 5.24. The highest BCUT2D eigenvalue weighted by Crippen LogP contribution is 2.16. The summed E-state index contributed by atoms with van der Waals surface area (Å²) in [4.78, 5) is 2.28. The molecule has 60 valence electrons. The number of nitrogens with zero attached hydrogens (tertiary/aromatic N) is 1. The molecule has 0 aromatic rings. The van der Waals surface area contributed by atoms with Crippen molar-refractivity contribution in [3.8, 4) is 0 Å². The Morgan fingerprint density at radius 2 is 2.50 bits per heavy atom. The molecule has 1 saturated heterocycles. The lowest BCUT2D eigenvalue weighted by atomic mass is 10.4. The van der Waals surface area contributed by atoms with Gasteiger partial charge in [-0.1, -0.05) is 0 Å². The van der Waals surface area contributed by atoms with E-state index in [1.807, 2.05) is 0 Å². The Bertz CT molecular complexity index is 99.6. The molecule has 1 aliphatic heterocycles. The van der Waals surface area contributed by atoms with Crippen LogP contribution in [0, 0.1) is 0 Å². The van der Waals surface area contributed by atoms with Crippen LogP contribution in [0.25, 0.3) is 0 Å². The first-order valence-corrected chi connectivity index (χ1v) is 4.24. The van der Waals surface area contributed by atoms with Crippen LogP contribution in [0.4, 0.5) is 0 Å². The summed E-state index contributed by atoms with van der Waals surface area (Å²) in [5.74, 6) is 0.708. The fourth-order valence-corrected chi connectivity index (χ4v) is 1.64. The number of alkyl halides is 1. The first-order chi connectivity index (χ1) is 4.88. The van der Waals surface area contributed by atoms with E-state index in [-0.39, 0.29) is 0 Å². The van der Waals surface area contributed by atoms with Crippen LogP contribution in [0.3, 0.4) is 0 Å². The third kappa shape index (κ3) is 1.84. The van der Waals surface area contributed by atoms with Gasteiger partial charge < -0.3 is 4.74 Å². The van der Waals surface area contributed by atoms with Crippen LogP contribution >= 0.6 is 11.6 Å². The van der Waals surface area contributed by atoms with Crippen LogP contribution in [-0.2, 0) is 4.74 Å². The van der Waals surface area contributed by atoms with E-state index in [9.17, 15) is 0 Å². The maximum atomic E-state index is 5.61. The lowest BCUT2D eigenvalue weighted by Crippen LogP contribution is -2.32. The molecular formula is C7H14ClNO. The van der Waals surface area contributed by atoms with Crippen molar-refractivity contribution in [2.75, 3.05) is 26.1 Å². The SMILES string of the molecule is CO[C@@H]1CCCN1CCCl. The minimum Gasteiger partial charge on any atom is -0.366 e. The monoisotopic (exact) mass is 163 g/mol. The highest BCUT2D eigenvalue weighted by Gasteiger charge is 2.22. The third-order valence-electron chi connectivity index (χ3n) is 1.95. The Morgan fingerprint density at radius 3 is 3.10 bits per heavy atom. The molecule has 0 bridgehead atoms. The van der Waals surface area contributed by atoms with Crippen molar-refractivity contribution in [1.82, 2.24) is 4.90 Å². The predicted molar refractivity (Wildman–Crippen MR) is 42.3 cm³/mol. The molecule has 10 heavy (non-hydrogen) atoms. The number of rotatable bonds is 3. The number of likely N-dealkylation sites (tertiary alicyclic amines) is 1. The van der Waals surface area contributed by atoms with Crippen LogP contribution in [0.15, 0.2) is 0 Å². The normalized spacial score (nSPS) is 27.6. The number of hydrogen-bond donors (Lipinski definition) is 0. The van der Waals surface area contributed by atoms with Gasteiger partial charge in [0, 0.05) is 26.1 Å². The average molecular weight is 164 g/mol. The maximum Gasteiger partial charge on any atom is 0.110 e. The van der Waals surface area contributed by atoms with E-state index in [2.05, 4.69) is 4.90 Å². The summed E-state index contributed by atoms with van der Waals surface area (Å²) in [5.41, 5.74) is 0. The van der Waals surface area contributed by atoms with Gasteiger partial charge in [0.2, 0.25) is 0 Å². The molecule has 1 fully saturated rings. The van der Waals surface area contributed by atoms with Gasteiger partial charge in [-0.3, -0.25) is 4.90 Å². The minimum absolute atomic E-state index is 0.332. The average Bonchev–Trinajstić information content (AvgIpc) is 2.36. The fraction of sp³-hybridized carbons (Fsp3) is 1.00. The van der Waals surface area contributed by atoms with Gasteiger partial charge in [0.05, 0.1) is 0 Å². The molecular weight excluding hydrogens is 150 g/mol. The van der Waals surface area contributed by atoms with E-state index >= 15 is 0 Å². The fourth-order valence-electron chi connectivity index (χ4n) is 1.43. The van der Waals surface area contributed by atoms with Gasteiger partial charge in [-0.05, 0) is 12.8 Å². The van der Waals surface area contributed by atoms with Crippen LogP contribution < -0.4 is 0 Å². The molecule has 3 heteroatoms. The zero-order chi connectivity index (χ0) is 7.40. The number of hydrogen-bond acceptors (Lipinski definition) is 2. The van der Waals surface area contributed by atoms with Gasteiger partial charge in [-0.15, -0.1) is 11.6 Å². The van der Waals surface area contributed by atoms with Crippen molar-refractivity contribution in [3.05, 3.63) is 0 Å². The second-order valence-electron chi connectivity index (χ2n) is 2.56. The maximum absolute atomic E-state index is 5.61. The van der Waals surface area contributed by atoms with Crippen molar-refractivity contribution in [1.29, 1.82) is 0 Å². The quantitative estimate of drug-likeness (QED) is 0.582. The Labute approximate surface area is 67.1 Å². The molecule has 1 rings (SSSR count). The Kier molecular flexibility index (Phi) is 3.46. The van der Waals surface area contributed by atoms with Gasteiger partial charge >= 0.3 is 0 Å². The second kappa shape index (κ2) is 4.16. The number of ether oxygens (including phenoxy) is 1. The van der Waals surface area contributed by atoms with Gasteiger partial charge in [-0.25, -0.2) is 0 Å². The highest BCUT2D eigenvalue weighted by molar-refractivity contribution is 6.18. The summed E-state index contributed by atoms with van der Waals surface area (Å²) in [6.07, 6.45) is 2.74. The van der Waals surface area contributed by atoms with Crippen LogP contribution in [0.2, 0.25) is 0 Å².